The van der Waals surface area contributed by atoms with E-state index in [4.69, 9.17) is 21.7 Å². The number of aliphatic hydroxyl groups is 2. The van der Waals surface area contributed by atoms with E-state index >= 15 is 0 Å². The molecule has 0 aromatic rings. The van der Waals surface area contributed by atoms with Crippen LogP contribution in [0.3, 0.4) is 0 Å². The van der Waals surface area contributed by atoms with Crippen LogP contribution in [-0.2, 0) is 0 Å². The quantitative estimate of drug-likeness (QED) is 0.382. The lowest BCUT2D eigenvalue weighted by molar-refractivity contribution is 0.107. The molecule has 0 bridgehead atoms. The zero-order valence-corrected chi connectivity index (χ0v) is 7.96. The predicted octanol–water partition coefficient (Wildman–Crippen LogP) is -1.22. The number of rotatable bonds is 0. The summed E-state index contributed by atoms with van der Waals surface area (Å²) in [5.41, 5.74) is 10.9. The van der Waals surface area contributed by atoms with Crippen LogP contribution in [0.25, 0.3) is 0 Å². The van der Waals surface area contributed by atoms with Crippen LogP contribution in [0.5, 0.6) is 0 Å². The highest BCUT2D eigenvalue weighted by Gasteiger charge is 2.28. The third-order valence-corrected chi connectivity index (χ3v) is 1.74. The summed E-state index contributed by atoms with van der Waals surface area (Å²) in [6.07, 6.45) is 1.47. The minimum absolute atomic E-state index is 0. The largest absolute Gasteiger partial charge is 0.387 e. The molecule has 12 heavy (non-hydrogen) atoms. The Balaban J connectivity index is 0. The lowest BCUT2D eigenvalue weighted by Gasteiger charge is -2.29. The van der Waals surface area contributed by atoms with E-state index in [1.54, 1.807) is 0 Å². The first-order chi connectivity index (χ1) is 4.63. The summed E-state index contributed by atoms with van der Waals surface area (Å²) in [7, 11) is 0. The van der Waals surface area contributed by atoms with E-state index in [-0.39, 0.29) is 24.8 Å². The lowest BCUT2D eigenvalue weighted by atomic mass is 9.93. The highest BCUT2D eigenvalue weighted by atomic mass is 35.5. The standard InChI is InChI=1S/C6H12N2O2.2ClH/c7-5-3(9)1-2-4(10)6(5)8;;/h1-6,9-10H,7-8H2;2*1H/t3-,4+,5-,6-;;/m1../s1. The van der Waals surface area contributed by atoms with E-state index in [1.165, 1.54) is 12.2 Å². The van der Waals surface area contributed by atoms with Gasteiger partial charge >= 0.3 is 0 Å². The maximum Gasteiger partial charge on any atom is 0.0889 e. The van der Waals surface area contributed by atoms with Gasteiger partial charge in [0.1, 0.15) is 0 Å². The topological polar surface area (TPSA) is 92.5 Å². The van der Waals surface area contributed by atoms with Crippen LogP contribution in [0.2, 0.25) is 0 Å². The van der Waals surface area contributed by atoms with Gasteiger partial charge in [-0.15, -0.1) is 24.8 Å². The van der Waals surface area contributed by atoms with Gasteiger partial charge in [0.2, 0.25) is 0 Å². The fourth-order valence-electron chi connectivity index (χ4n) is 0.940. The van der Waals surface area contributed by atoms with Gasteiger partial charge in [-0.05, 0) is 0 Å². The van der Waals surface area contributed by atoms with E-state index in [1.807, 2.05) is 0 Å². The highest BCUT2D eigenvalue weighted by Crippen LogP contribution is 2.08. The molecular formula is C6H14Cl2N2O2. The number of aliphatic hydroxyl groups excluding tert-OH is 2. The Kier molecular flexibility index (Phi) is 7.02. The maximum absolute atomic E-state index is 9.06. The van der Waals surface area contributed by atoms with Gasteiger partial charge in [-0.2, -0.15) is 0 Å². The molecule has 1 aliphatic rings. The highest BCUT2D eigenvalue weighted by molar-refractivity contribution is 5.85. The van der Waals surface area contributed by atoms with Crippen LogP contribution in [0, 0.1) is 0 Å². The smallest absolute Gasteiger partial charge is 0.0889 e. The molecule has 6 heteroatoms. The van der Waals surface area contributed by atoms with Crippen molar-refractivity contribution in [1.29, 1.82) is 0 Å². The summed E-state index contributed by atoms with van der Waals surface area (Å²) in [5, 5.41) is 18.1. The van der Waals surface area contributed by atoms with Crippen molar-refractivity contribution in [3.8, 4) is 0 Å². The first-order valence-corrected chi connectivity index (χ1v) is 3.18. The fraction of sp³-hybridized carbons (Fsp3) is 0.667. The Hall–Kier alpha value is 0.160. The molecule has 0 heterocycles. The average Bonchev–Trinajstić information content (AvgIpc) is 1.93. The average molecular weight is 217 g/mol. The Morgan fingerprint density at radius 2 is 1.08 bits per heavy atom. The van der Waals surface area contributed by atoms with E-state index in [0.29, 0.717) is 0 Å². The SMILES string of the molecule is Cl.Cl.N[C@H]1[C@H](N)[C@@H](O)C=C[C@H]1O. The molecule has 0 spiro atoms. The summed E-state index contributed by atoms with van der Waals surface area (Å²) in [4.78, 5) is 0. The Labute approximate surface area is 83.4 Å². The molecule has 1 rings (SSSR count). The van der Waals surface area contributed by atoms with Gasteiger partial charge in [-0.25, -0.2) is 0 Å². The van der Waals surface area contributed by atoms with Gasteiger partial charge in [0, 0.05) is 0 Å². The van der Waals surface area contributed by atoms with E-state index in [2.05, 4.69) is 0 Å². The zero-order chi connectivity index (χ0) is 7.72. The van der Waals surface area contributed by atoms with Crippen molar-refractivity contribution < 1.29 is 10.2 Å². The Morgan fingerprint density at radius 1 is 0.833 bits per heavy atom. The summed E-state index contributed by atoms with van der Waals surface area (Å²) < 4.78 is 0. The van der Waals surface area contributed by atoms with E-state index in [0.717, 1.165) is 0 Å². The maximum atomic E-state index is 9.06. The predicted molar refractivity (Wildman–Crippen MR) is 51.6 cm³/mol. The first kappa shape index (κ1) is 14.7. The zero-order valence-electron chi connectivity index (χ0n) is 6.33. The van der Waals surface area contributed by atoms with Crippen molar-refractivity contribution in [3.05, 3.63) is 12.2 Å². The number of halogens is 2. The first-order valence-electron chi connectivity index (χ1n) is 3.18. The molecule has 0 radical (unpaired) electrons. The molecule has 0 aromatic heterocycles. The van der Waals surface area contributed by atoms with Gasteiger partial charge in [0.15, 0.2) is 0 Å². The summed E-state index contributed by atoms with van der Waals surface area (Å²) in [6, 6.07) is -1.11. The van der Waals surface area contributed by atoms with Crippen LogP contribution in [-0.4, -0.2) is 34.5 Å². The van der Waals surface area contributed by atoms with Crippen LogP contribution < -0.4 is 11.5 Å². The van der Waals surface area contributed by atoms with E-state index in [9.17, 15) is 0 Å². The second kappa shape index (κ2) is 5.75. The molecule has 4 nitrogen and oxygen atoms in total. The minimum Gasteiger partial charge on any atom is -0.387 e. The van der Waals surface area contributed by atoms with Crippen molar-refractivity contribution in [3.63, 3.8) is 0 Å². The van der Waals surface area contributed by atoms with Crippen LogP contribution in [0.1, 0.15) is 0 Å². The van der Waals surface area contributed by atoms with Gasteiger partial charge in [-0.3, -0.25) is 0 Å². The van der Waals surface area contributed by atoms with Crippen molar-refractivity contribution in [1.82, 2.24) is 0 Å². The number of hydrogen-bond donors (Lipinski definition) is 4. The molecule has 6 N–H and O–H groups in total. The molecule has 4 atom stereocenters. The van der Waals surface area contributed by atoms with E-state index < -0.39 is 24.3 Å². The number of hydrogen-bond acceptors (Lipinski definition) is 4. The molecule has 0 fully saturated rings. The van der Waals surface area contributed by atoms with Crippen LogP contribution in [0.15, 0.2) is 12.2 Å². The normalized spacial score (nSPS) is 39.7. The van der Waals surface area contributed by atoms with Gasteiger partial charge in [-0.1, -0.05) is 12.2 Å². The molecule has 0 amide bonds. The van der Waals surface area contributed by atoms with Crippen molar-refractivity contribution in [2.75, 3.05) is 0 Å². The molecule has 0 saturated carbocycles. The molecule has 0 aromatic carbocycles. The van der Waals surface area contributed by atoms with Gasteiger partial charge in [0.25, 0.3) is 0 Å². The third-order valence-electron chi connectivity index (χ3n) is 1.74. The summed E-state index contributed by atoms with van der Waals surface area (Å²) >= 11 is 0. The molecule has 0 aliphatic heterocycles. The van der Waals surface area contributed by atoms with Crippen molar-refractivity contribution >= 4 is 24.8 Å². The Bertz CT molecular complexity index is 140. The van der Waals surface area contributed by atoms with Crippen molar-refractivity contribution in [2.24, 2.45) is 11.5 Å². The minimum atomic E-state index is -0.724. The van der Waals surface area contributed by atoms with Gasteiger partial charge in [0.05, 0.1) is 24.3 Å². The van der Waals surface area contributed by atoms with Gasteiger partial charge < -0.3 is 21.7 Å². The molecular weight excluding hydrogens is 203 g/mol. The molecule has 74 valence electrons. The third kappa shape index (κ3) is 2.90. The van der Waals surface area contributed by atoms with Crippen LogP contribution in [0.4, 0.5) is 0 Å². The second-order valence-corrected chi connectivity index (χ2v) is 2.52. The van der Waals surface area contributed by atoms with Crippen molar-refractivity contribution in [2.45, 2.75) is 24.3 Å². The fourth-order valence-corrected chi connectivity index (χ4v) is 0.940. The Morgan fingerprint density at radius 3 is 1.33 bits per heavy atom. The lowest BCUT2D eigenvalue weighted by Crippen LogP contribution is -2.56. The monoisotopic (exact) mass is 216 g/mol. The molecule has 0 unspecified atom stereocenters. The molecule has 0 saturated heterocycles. The summed E-state index contributed by atoms with van der Waals surface area (Å²) in [5.74, 6) is 0. The second-order valence-electron chi connectivity index (χ2n) is 2.52. The summed E-state index contributed by atoms with van der Waals surface area (Å²) in [6.45, 7) is 0. The number of nitrogens with two attached hydrogens (primary N) is 2. The van der Waals surface area contributed by atoms with Crippen LogP contribution >= 0.6 is 24.8 Å². The molecule has 1 aliphatic carbocycles.